The Bertz CT molecular complexity index is 1550. The summed E-state index contributed by atoms with van der Waals surface area (Å²) in [5.41, 5.74) is 2.79. The number of imidazole rings is 1. The van der Waals surface area contributed by atoms with Crippen LogP contribution in [0.1, 0.15) is 34.8 Å². The second-order valence-electron chi connectivity index (χ2n) is 8.84. The molecular weight excluding hydrogens is 537 g/mol. The maximum Gasteiger partial charge on any atom is 0.334 e. The number of methoxy groups -OCH3 is 1. The number of carbonyl (C=O) groups is 2. The van der Waals surface area contributed by atoms with E-state index < -0.39 is 17.9 Å². The van der Waals surface area contributed by atoms with Gasteiger partial charge in [-0.05, 0) is 54.8 Å². The summed E-state index contributed by atoms with van der Waals surface area (Å²) in [6.45, 7) is 0. The molecule has 1 atom stereocenters. The first-order valence-electron chi connectivity index (χ1n) is 11.6. The lowest BCUT2D eigenvalue weighted by atomic mass is 10.0. The van der Waals surface area contributed by atoms with Crippen LogP contribution in [0.15, 0.2) is 65.5 Å². The van der Waals surface area contributed by atoms with Crippen LogP contribution < -0.4 is 11.0 Å². The molecule has 0 saturated heterocycles. The molecule has 1 amide bonds. The average Bonchev–Trinajstić information content (AvgIpc) is 3.66. The van der Waals surface area contributed by atoms with E-state index in [1.807, 2.05) is 12.1 Å². The van der Waals surface area contributed by atoms with Crippen LogP contribution in [0.4, 0.5) is 0 Å². The van der Waals surface area contributed by atoms with Gasteiger partial charge in [0.2, 0.25) is 0 Å². The smallest absolute Gasteiger partial charge is 0.334 e. The number of nitrogens with one attached hydrogen (secondary N) is 1. The van der Waals surface area contributed by atoms with Crippen molar-refractivity contribution < 1.29 is 14.3 Å². The van der Waals surface area contributed by atoms with Crippen LogP contribution in [0.2, 0.25) is 15.1 Å². The van der Waals surface area contributed by atoms with Crippen molar-refractivity contribution in [3.63, 3.8) is 0 Å². The molecule has 1 saturated carbocycles. The molecule has 190 valence electrons. The number of hydrogen-bond donors (Lipinski definition) is 1. The average molecular weight is 559 g/mol. The number of halogens is 3. The van der Waals surface area contributed by atoms with E-state index in [9.17, 15) is 14.4 Å². The highest BCUT2D eigenvalue weighted by Gasteiger charge is 2.30. The third-order valence-electron chi connectivity index (χ3n) is 6.37. The fourth-order valence-corrected chi connectivity index (χ4v) is 5.27. The molecule has 10 heteroatoms. The largest absolute Gasteiger partial charge is 0.467 e. The van der Waals surface area contributed by atoms with Crippen molar-refractivity contribution in [2.45, 2.75) is 31.3 Å². The van der Waals surface area contributed by atoms with Gasteiger partial charge in [0.25, 0.3) is 5.91 Å². The monoisotopic (exact) mass is 557 g/mol. The zero-order chi connectivity index (χ0) is 26.3. The van der Waals surface area contributed by atoms with Crippen LogP contribution in [-0.2, 0) is 16.0 Å². The molecule has 5 rings (SSSR count). The molecule has 1 fully saturated rings. The Kier molecular flexibility index (Phi) is 7.03. The number of para-hydroxylation sites is 1. The first-order chi connectivity index (χ1) is 17.8. The Morgan fingerprint density at radius 1 is 0.973 bits per heavy atom. The summed E-state index contributed by atoms with van der Waals surface area (Å²) in [5.74, 6) is -1.20. The maximum atomic E-state index is 13.4. The summed E-state index contributed by atoms with van der Waals surface area (Å²) >= 11 is 18.8. The van der Waals surface area contributed by atoms with Crippen molar-refractivity contribution in [1.82, 2.24) is 14.5 Å². The van der Waals surface area contributed by atoms with E-state index in [1.165, 1.54) is 7.11 Å². The van der Waals surface area contributed by atoms with Crippen LogP contribution in [-0.4, -0.2) is 34.2 Å². The van der Waals surface area contributed by atoms with Gasteiger partial charge in [0, 0.05) is 12.5 Å². The van der Waals surface area contributed by atoms with Crippen molar-refractivity contribution in [3.05, 3.63) is 97.3 Å². The highest BCUT2D eigenvalue weighted by Crippen LogP contribution is 2.38. The molecule has 0 bridgehead atoms. The fraction of sp³-hybridized carbons (Fsp3) is 0.222. The quantitative estimate of drug-likeness (QED) is 0.299. The normalized spacial score (nSPS) is 13.9. The van der Waals surface area contributed by atoms with Gasteiger partial charge in [-0.25, -0.2) is 9.59 Å². The number of hydrogen-bond acceptors (Lipinski definition) is 4. The number of nitrogens with zero attached hydrogens (tertiary/aromatic N) is 2. The van der Waals surface area contributed by atoms with Crippen LogP contribution in [0.5, 0.6) is 0 Å². The lowest BCUT2D eigenvalue weighted by Gasteiger charge is -2.18. The summed E-state index contributed by atoms with van der Waals surface area (Å²) < 4.78 is 8.31. The molecule has 37 heavy (non-hydrogen) atoms. The highest BCUT2D eigenvalue weighted by atomic mass is 35.5. The molecule has 0 spiro atoms. The number of benzene rings is 3. The molecule has 3 aromatic carbocycles. The highest BCUT2D eigenvalue weighted by molar-refractivity contribution is 6.39. The van der Waals surface area contributed by atoms with Crippen molar-refractivity contribution in [2.24, 2.45) is 0 Å². The SMILES string of the molecule is COC(=O)C(Cc1ccc(-n2c(=O)n(C3CC3)c3cccc(Cl)c32)cc1)NC(=O)c1c(Cl)cccc1Cl. The standard InChI is InChI=1S/C27H22Cl3N3O4/c1-37-26(35)21(31-25(34)23-18(28)4-2-5-19(23)29)14-15-8-10-17(11-9-15)33-24-20(30)6-3-7-22(24)32(27(33)36)16-12-13-16/h2-11,16,21H,12-14H2,1H3,(H,31,34). The molecule has 1 aliphatic carbocycles. The summed E-state index contributed by atoms with van der Waals surface area (Å²) in [5, 5.41) is 3.50. The van der Waals surface area contributed by atoms with Gasteiger partial charge in [0.15, 0.2) is 0 Å². The Morgan fingerprint density at radius 2 is 1.59 bits per heavy atom. The minimum Gasteiger partial charge on any atom is -0.467 e. The van der Waals surface area contributed by atoms with Crippen LogP contribution >= 0.6 is 34.8 Å². The van der Waals surface area contributed by atoms with Gasteiger partial charge in [-0.15, -0.1) is 0 Å². The summed E-state index contributed by atoms with van der Waals surface area (Å²) in [6.07, 6.45) is 2.08. The Balaban J connectivity index is 1.44. The number of rotatable bonds is 7. The van der Waals surface area contributed by atoms with Crippen LogP contribution in [0.25, 0.3) is 16.7 Å². The molecule has 1 N–H and O–H groups in total. The zero-order valence-corrected chi connectivity index (χ0v) is 22.0. The summed E-state index contributed by atoms with van der Waals surface area (Å²) in [4.78, 5) is 38.7. The Hall–Kier alpha value is -3.26. The predicted octanol–water partition coefficient (Wildman–Crippen LogP) is 5.60. The predicted molar refractivity (Wildman–Crippen MR) is 144 cm³/mol. The molecule has 1 unspecified atom stereocenters. The molecule has 0 aliphatic heterocycles. The Morgan fingerprint density at radius 3 is 2.22 bits per heavy atom. The van der Waals surface area contributed by atoms with E-state index in [0.717, 1.165) is 23.9 Å². The van der Waals surface area contributed by atoms with Gasteiger partial charge in [0.1, 0.15) is 6.04 Å². The van der Waals surface area contributed by atoms with Crippen molar-refractivity contribution >= 4 is 57.7 Å². The first-order valence-corrected chi connectivity index (χ1v) is 12.8. The summed E-state index contributed by atoms with van der Waals surface area (Å²) in [7, 11) is 1.25. The molecule has 0 radical (unpaired) electrons. The number of esters is 1. The van der Waals surface area contributed by atoms with Gasteiger partial charge in [-0.1, -0.05) is 59.1 Å². The van der Waals surface area contributed by atoms with Crippen molar-refractivity contribution in [1.29, 1.82) is 0 Å². The van der Waals surface area contributed by atoms with E-state index in [4.69, 9.17) is 39.5 Å². The maximum absolute atomic E-state index is 13.4. The third-order valence-corrected chi connectivity index (χ3v) is 7.31. The topological polar surface area (TPSA) is 82.3 Å². The number of ether oxygens (including phenoxy) is 1. The molecule has 1 aromatic heterocycles. The van der Waals surface area contributed by atoms with E-state index >= 15 is 0 Å². The zero-order valence-electron chi connectivity index (χ0n) is 19.7. The number of carbonyl (C=O) groups excluding carboxylic acids is 2. The molecule has 4 aromatic rings. The lowest BCUT2D eigenvalue weighted by molar-refractivity contribution is -0.142. The van der Waals surface area contributed by atoms with Gasteiger partial charge < -0.3 is 10.1 Å². The molecule has 1 heterocycles. The first kappa shape index (κ1) is 25.4. The van der Waals surface area contributed by atoms with Gasteiger partial charge in [0.05, 0.1) is 44.5 Å². The van der Waals surface area contributed by atoms with E-state index in [2.05, 4.69) is 5.32 Å². The third kappa shape index (κ3) is 4.87. The van der Waals surface area contributed by atoms with E-state index in [0.29, 0.717) is 16.2 Å². The molecule has 1 aliphatic rings. The lowest BCUT2D eigenvalue weighted by Crippen LogP contribution is -2.43. The van der Waals surface area contributed by atoms with Crippen LogP contribution in [0, 0.1) is 0 Å². The van der Waals surface area contributed by atoms with Gasteiger partial charge in [-0.2, -0.15) is 0 Å². The van der Waals surface area contributed by atoms with Crippen molar-refractivity contribution in [3.8, 4) is 5.69 Å². The number of fused-ring (bicyclic) bond motifs is 1. The van der Waals surface area contributed by atoms with E-state index in [1.54, 1.807) is 57.7 Å². The molecule has 7 nitrogen and oxygen atoms in total. The second kappa shape index (κ2) is 10.2. The van der Waals surface area contributed by atoms with Crippen molar-refractivity contribution in [2.75, 3.05) is 7.11 Å². The number of aromatic nitrogens is 2. The second-order valence-corrected chi connectivity index (χ2v) is 10.1. The Labute approximate surface area is 227 Å². The summed E-state index contributed by atoms with van der Waals surface area (Å²) in [6, 6.07) is 16.6. The minimum absolute atomic E-state index is 0.0818. The van der Waals surface area contributed by atoms with Gasteiger partial charge >= 0.3 is 11.7 Å². The molecular formula is C27H22Cl3N3O4. The fourth-order valence-electron chi connectivity index (χ4n) is 4.45. The van der Waals surface area contributed by atoms with Gasteiger partial charge in [-0.3, -0.25) is 13.9 Å². The minimum atomic E-state index is -0.982. The number of amides is 1. The van der Waals surface area contributed by atoms with Crippen LogP contribution in [0.3, 0.4) is 0 Å². The van der Waals surface area contributed by atoms with E-state index in [-0.39, 0.29) is 33.8 Å².